The molecule has 0 bridgehead atoms. The van der Waals surface area contributed by atoms with Gasteiger partial charge < -0.3 is 24.6 Å². The molecule has 2 fully saturated rings. The molecule has 0 spiro atoms. The Kier molecular flexibility index (Phi) is 8.11. The molecule has 0 aliphatic carbocycles. The van der Waals surface area contributed by atoms with Gasteiger partial charge in [-0.2, -0.15) is 0 Å². The number of hydrogen-bond donors (Lipinski definition) is 1. The van der Waals surface area contributed by atoms with Crippen LogP contribution in [0.4, 0.5) is 15.9 Å². The van der Waals surface area contributed by atoms with Crippen LogP contribution in [-0.4, -0.2) is 96.6 Å². The SMILES string of the molecule is COc1cc(OCC2CCCN2C(=O)CN2CCN(C)CC2)c2c(Nc3ccc(F)c(Cl)c3)ncnc2c1. The lowest BCUT2D eigenvalue weighted by atomic mass is 10.2. The minimum Gasteiger partial charge on any atom is -0.497 e. The van der Waals surface area contributed by atoms with Gasteiger partial charge in [0.2, 0.25) is 5.91 Å². The van der Waals surface area contributed by atoms with E-state index in [1.165, 1.54) is 18.5 Å². The van der Waals surface area contributed by atoms with E-state index in [-0.39, 0.29) is 17.0 Å². The van der Waals surface area contributed by atoms with Gasteiger partial charge in [-0.3, -0.25) is 9.69 Å². The number of carbonyl (C=O) groups excluding carboxylic acids is 1. The zero-order valence-electron chi connectivity index (χ0n) is 21.6. The molecule has 2 aliphatic rings. The summed E-state index contributed by atoms with van der Waals surface area (Å²) in [5.74, 6) is 1.27. The normalized spacial score (nSPS) is 18.6. The van der Waals surface area contributed by atoms with Crippen LogP contribution in [0.3, 0.4) is 0 Å². The van der Waals surface area contributed by atoms with Crippen molar-refractivity contribution in [3.63, 3.8) is 0 Å². The van der Waals surface area contributed by atoms with Crippen molar-refractivity contribution in [3.8, 4) is 11.5 Å². The van der Waals surface area contributed by atoms with E-state index in [1.54, 1.807) is 25.3 Å². The molecule has 1 atom stereocenters. The number of nitrogens with one attached hydrogen (secondary N) is 1. The van der Waals surface area contributed by atoms with Crippen LogP contribution in [0.2, 0.25) is 5.02 Å². The number of halogens is 2. The Hall–Kier alpha value is -3.21. The minimum absolute atomic E-state index is 0.00840. The number of benzene rings is 2. The van der Waals surface area contributed by atoms with Crippen LogP contribution in [0, 0.1) is 5.82 Å². The van der Waals surface area contributed by atoms with Crippen LogP contribution < -0.4 is 14.8 Å². The Labute approximate surface area is 226 Å². The first-order valence-electron chi connectivity index (χ1n) is 12.8. The summed E-state index contributed by atoms with van der Waals surface area (Å²) in [4.78, 5) is 28.4. The lowest BCUT2D eigenvalue weighted by Gasteiger charge is -2.34. The fourth-order valence-corrected chi connectivity index (χ4v) is 5.16. The molecule has 1 N–H and O–H groups in total. The second kappa shape index (κ2) is 11.7. The van der Waals surface area contributed by atoms with Crippen LogP contribution in [0.5, 0.6) is 11.5 Å². The van der Waals surface area contributed by atoms with Crippen molar-refractivity contribution in [1.29, 1.82) is 0 Å². The molecule has 11 heteroatoms. The molecular formula is C27H32ClFN6O3. The number of carbonyl (C=O) groups is 1. The van der Waals surface area contributed by atoms with E-state index in [9.17, 15) is 9.18 Å². The first-order valence-corrected chi connectivity index (χ1v) is 13.2. The zero-order valence-corrected chi connectivity index (χ0v) is 22.4. The van der Waals surface area contributed by atoms with E-state index >= 15 is 0 Å². The molecular weight excluding hydrogens is 511 g/mol. The van der Waals surface area contributed by atoms with Crippen LogP contribution in [-0.2, 0) is 4.79 Å². The highest BCUT2D eigenvalue weighted by Crippen LogP contribution is 2.36. The van der Waals surface area contributed by atoms with Crippen LogP contribution in [0.25, 0.3) is 10.9 Å². The Balaban J connectivity index is 1.35. The van der Waals surface area contributed by atoms with Gasteiger partial charge >= 0.3 is 0 Å². The van der Waals surface area contributed by atoms with Crippen molar-refractivity contribution in [2.75, 3.05) is 65.3 Å². The molecule has 2 aliphatic heterocycles. The van der Waals surface area contributed by atoms with Gasteiger partial charge in [0.1, 0.15) is 36.1 Å². The number of hydrogen-bond acceptors (Lipinski definition) is 8. The summed E-state index contributed by atoms with van der Waals surface area (Å²) in [6.45, 7) is 5.28. The number of nitrogens with zero attached hydrogens (tertiary/aromatic N) is 5. The highest BCUT2D eigenvalue weighted by molar-refractivity contribution is 6.31. The molecule has 1 amide bonds. The topological polar surface area (TPSA) is 83.1 Å². The molecule has 3 aromatic rings. The molecule has 202 valence electrons. The fraction of sp³-hybridized carbons (Fsp3) is 0.444. The molecule has 38 heavy (non-hydrogen) atoms. The van der Waals surface area contributed by atoms with Crippen LogP contribution >= 0.6 is 11.6 Å². The first kappa shape index (κ1) is 26.4. The molecule has 5 rings (SSSR count). The number of fused-ring (bicyclic) bond motifs is 1. The second-order valence-corrected chi connectivity index (χ2v) is 10.2. The third kappa shape index (κ3) is 5.92. The smallest absolute Gasteiger partial charge is 0.237 e. The summed E-state index contributed by atoms with van der Waals surface area (Å²) >= 11 is 5.97. The predicted molar refractivity (Wildman–Crippen MR) is 145 cm³/mol. The average Bonchev–Trinajstić information content (AvgIpc) is 3.39. The summed E-state index contributed by atoms with van der Waals surface area (Å²) in [6.07, 6.45) is 3.27. The van der Waals surface area contributed by atoms with E-state index < -0.39 is 5.82 Å². The minimum atomic E-state index is -0.498. The third-order valence-electron chi connectivity index (χ3n) is 7.18. The number of methoxy groups -OCH3 is 1. The lowest BCUT2D eigenvalue weighted by Crippen LogP contribution is -2.50. The first-order chi connectivity index (χ1) is 18.4. The molecule has 1 unspecified atom stereocenters. The second-order valence-electron chi connectivity index (χ2n) is 9.77. The van der Waals surface area contributed by atoms with Crippen molar-refractivity contribution in [3.05, 3.63) is 47.5 Å². The maximum Gasteiger partial charge on any atom is 0.237 e. The molecule has 1 aromatic heterocycles. The van der Waals surface area contributed by atoms with Crippen molar-refractivity contribution in [1.82, 2.24) is 24.7 Å². The van der Waals surface area contributed by atoms with Gasteiger partial charge in [-0.25, -0.2) is 14.4 Å². The largest absolute Gasteiger partial charge is 0.497 e. The molecule has 0 saturated carbocycles. The van der Waals surface area contributed by atoms with Crippen molar-refractivity contribution in [2.24, 2.45) is 0 Å². The van der Waals surface area contributed by atoms with Crippen molar-refractivity contribution in [2.45, 2.75) is 18.9 Å². The number of ether oxygens (including phenoxy) is 2. The molecule has 9 nitrogen and oxygen atoms in total. The van der Waals surface area contributed by atoms with Gasteiger partial charge in [-0.15, -0.1) is 0 Å². The Morgan fingerprint density at radius 2 is 1.97 bits per heavy atom. The fourth-order valence-electron chi connectivity index (χ4n) is 4.98. The average molecular weight is 543 g/mol. The van der Waals surface area contributed by atoms with Crippen LogP contribution in [0.1, 0.15) is 12.8 Å². The van der Waals surface area contributed by atoms with E-state index in [1.807, 2.05) is 4.90 Å². The number of likely N-dealkylation sites (tertiary alicyclic amines) is 1. The van der Waals surface area contributed by atoms with Gasteiger partial charge in [0.25, 0.3) is 0 Å². The summed E-state index contributed by atoms with van der Waals surface area (Å²) in [5, 5.41) is 3.86. The van der Waals surface area contributed by atoms with Gasteiger partial charge in [0.05, 0.1) is 35.6 Å². The Morgan fingerprint density at radius 1 is 1.16 bits per heavy atom. The van der Waals surface area contributed by atoms with Crippen molar-refractivity contribution >= 4 is 39.9 Å². The monoisotopic (exact) mass is 542 g/mol. The van der Waals surface area contributed by atoms with E-state index in [2.05, 4.69) is 32.1 Å². The predicted octanol–water partition coefficient (Wildman–Crippen LogP) is 3.79. The highest BCUT2D eigenvalue weighted by Gasteiger charge is 2.31. The summed E-state index contributed by atoms with van der Waals surface area (Å²) in [6, 6.07) is 7.95. The summed E-state index contributed by atoms with van der Waals surface area (Å²) < 4.78 is 25.5. The summed E-state index contributed by atoms with van der Waals surface area (Å²) in [7, 11) is 3.69. The maximum atomic E-state index is 13.7. The molecule has 2 aromatic carbocycles. The number of aromatic nitrogens is 2. The van der Waals surface area contributed by atoms with Gasteiger partial charge in [-0.05, 0) is 38.1 Å². The number of piperazine rings is 1. The quantitative estimate of drug-likeness (QED) is 0.460. The van der Waals surface area contributed by atoms with Gasteiger partial charge in [0, 0.05) is 50.5 Å². The van der Waals surface area contributed by atoms with Crippen LogP contribution in [0.15, 0.2) is 36.7 Å². The molecule has 3 heterocycles. The maximum absolute atomic E-state index is 13.7. The summed E-state index contributed by atoms with van der Waals surface area (Å²) in [5.41, 5.74) is 1.20. The third-order valence-corrected chi connectivity index (χ3v) is 7.47. The highest BCUT2D eigenvalue weighted by atomic mass is 35.5. The van der Waals surface area contributed by atoms with E-state index in [0.717, 1.165) is 45.6 Å². The standard InChI is InChI=1S/C27H32ClFN6O3/c1-33-8-10-34(11-9-33)15-25(36)35-7-3-4-19(35)16-38-24-14-20(37-2)13-23-26(24)27(31-17-30-23)32-18-5-6-22(29)21(28)12-18/h5-6,12-14,17,19H,3-4,7-11,15-16H2,1-2H3,(H,30,31,32). The molecule has 2 saturated heterocycles. The van der Waals surface area contributed by atoms with E-state index in [0.29, 0.717) is 47.1 Å². The van der Waals surface area contributed by atoms with E-state index in [4.69, 9.17) is 21.1 Å². The number of amides is 1. The van der Waals surface area contributed by atoms with Gasteiger partial charge in [0.15, 0.2) is 0 Å². The number of rotatable bonds is 8. The van der Waals surface area contributed by atoms with Crippen molar-refractivity contribution < 1.29 is 18.7 Å². The molecule has 0 radical (unpaired) electrons. The lowest BCUT2D eigenvalue weighted by molar-refractivity contribution is -0.134. The number of likely N-dealkylation sites (N-methyl/N-ethyl adjacent to an activating group) is 1. The number of anilines is 2. The van der Waals surface area contributed by atoms with Gasteiger partial charge in [-0.1, -0.05) is 11.6 Å². The zero-order chi connectivity index (χ0) is 26.6. The Morgan fingerprint density at radius 3 is 2.74 bits per heavy atom. The Bertz CT molecular complexity index is 1300.